The number of rotatable bonds is 7. The van der Waals surface area contributed by atoms with Gasteiger partial charge in [-0.15, -0.1) is 11.3 Å². The zero-order valence-corrected chi connectivity index (χ0v) is 19.1. The number of hydrogen-bond donors (Lipinski definition) is 2. The maximum Gasteiger partial charge on any atom is 0.338 e. The van der Waals surface area contributed by atoms with Crippen LogP contribution < -0.4 is 4.31 Å². The summed E-state index contributed by atoms with van der Waals surface area (Å²) in [6.07, 6.45) is 0.0663. The Bertz CT molecular complexity index is 1210. The van der Waals surface area contributed by atoms with Gasteiger partial charge in [0.2, 0.25) is 0 Å². The van der Waals surface area contributed by atoms with Crippen LogP contribution in [0.2, 0.25) is 5.02 Å². The van der Waals surface area contributed by atoms with Crippen molar-refractivity contribution >= 4 is 51.1 Å². The van der Waals surface area contributed by atoms with Crippen molar-refractivity contribution in [2.24, 2.45) is 0 Å². The fraction of sp³-hybridized carbons (Fsp3) is 0.182. The van der Waals surface area contributed by atoms with Crippen LogP contribution >= 0.6 is 22.9 Å². The van der Waals surface area contributed by atoms with Crippen molar-refractivity contribution in [3.63, 3.8) is 0 Å². The lowest BCUT2D eigenvalue weighted by molar-refractivity contribution is -0.139. The zero-order valence-electron chi connectivity index (χ0n) is 16.7. The first-order valence-corrected chi connectivity index (χ1v) is 11.7. The summed E-state index contributed by atoms with van der Waals surface area (Å²) in [6.45, 7) is 0. The number of halogens is 1. The minimum atomic E-state index is -2.62. The van der Waals surface area contributed by atoms with Crippen molar-refractivity contribution in [2.75, 3.05) is 11.4 Å². The van der Waals surface area contributed by atoms with E-state index in [1.165, 1.54) is 18.4 Å². The molecule has 166 valence electrons. The van der Waals surface area contributed by atoms with Gasteiger partial charge in [-0.2, -0.15) is 0 Å². The Kier molecular flexibility index (Phi) is 6.09. The van der Waals surface area contributed by atoms with E-state index in [1.807, 2.05) is 12.1 Å². The molecule has 0 amide bonds. The van der Waals surface area contributed by atoms with Crippen LogP contribution in [0, 0.1) is 0 Å². The molecule has 4 rings (SSSR count). The van der Waals surface area contributed by atoms with Gasteiger partial charge in [-0.1, -0.05) is 41.9 Å². The van der Waals surface area contributed by atoms with Crippen molar-refractivity contribution in [2.45, 2.75) is 17.9 Å². The van der Waals surface area contributed by atoms with Crippen LogP contribution in [-0.4, -0.2) is 38.5 Å². The maximum atomic E-state index is 12.4. The van der Waals surface area contributed by atoms with Gasteiger partial charge in [0.1, 0.15) is 5.00 Å². The Morgan fingerprint density at radius 2 is 1.84 bits per heavy atom. The van der Waals surface area contributed by atoms with Crippen LogP contribution in [0.5, 0.6) is 0 Å². The third-order valence-corrected chi connectivity index (χ3v) is 7.80. The first-order valence-electron chi connectivity index (χ1n) is 9.47. The standard InChI is InChI=1S/C22H18ClNO6S2/c1-30-20(25)16-5-3-2-4-15(16)17-12-22(17,21(26)27)24(32(28)29)19-11-10-18(31-19)13-6-8-14(23)9-7-13/h2-11,17H,12H2,1H3,(H,26,27)(H,28,29). The molecule has 3 unspecified atom stereocenters. The molecule has 3 atom stereocenters. The molecule has 0 radical (unpaired) electrons. The number of esters is 1. The van der Waals surface area contributed by atoms with Crippen molar-refractivity contribution in [3.8, 4) is 10.4 Å². The van der Waals surface area contributed by atoms with E-state index in [2.05, 4.69) is 0 Å². The highest BCUT2D eigenvalue weighted by atomic mass is 35.5. The molecule has 3 aromatic rings. The Morgan fingerprint density at radius 1 is 1.16 bits per heavy atom. The summed E-state index contributed by atoms with van der Waals surface area (Å²) >= 11 is 4.53. The average molecular weight is 492 g/mol. The summed E-state index contributed by atoms with van der Waals surface area (Å²) in [5, 5.41) is 11.1. The number of carboxylic acid groups (broad SMARTS) is 1. The molecule has 1 aliphatic carbocycles. The second-order valence-corrected chi connectivity index (χ2v) is 9.56. The molecule has 1 fully saturated rings. The molecular weight excluding hydrogens is 474 g/mol. The third kappa shape index (κ3) is 3.81. The van der Waals surface area contributed by atoms with E-state index in [0.717, 1.165) is 14.7 Å². The van der Waals surface area contributed by atoms with Gasteiger partial charge in [0.05, 0.1) is 12.7 Å². The number of thiophene rings is 1. The molecule has 0 spiro atoms. The summed E-state index contributed by atoms with van der Waals surface area (Å²) in [7, 11) is 1.25. The highest BCUT2D eigenvalue weighted by Gasteiger charge is 2.68. The predicted molar refractivity (Wildman–Crippen MR) is 124 cm³/mol. The topological polar surface area (TPSA) is 104 Å². The molecule has 32 heavy (non-hydrogen) atoms. The summed E-state index contributed by atoms with van der Waals surface area (Å²) in [5.41, 5.74) is -0.125. The van der Waals surface area contributed by atoms with Gasteiger partial charge in [-0.05, 0) is 47.9 Å². The molecule has 2 aromatic carbocycles. The minimum absolute atomic E-state index is 0.0663. The Labute approximate surface area is 195 Å². The summed E-state index contributed by atoms with van der Waals surface area (Å²) < 4.78 is 28.4. The number of methoxy groups -OCH3 is 1. The number of nitrogens with zero attached hydrogens (tertiary/aromatic N) is 1. The van der Waals surface area contributed by atoms with Crippen molar-refractivity contribution < 1.29 is 28.2 Å². The first-order chi connectivity index (χ1) is 15.3. The lowest BCUT2D eigenvalue weighted by Gasteiger charge is -2.27. The summed E-state index contributed by atoms with van der Waals surface area (Å²) in [5.74, 6) is -2.51. The van der Waals surface area contributed by atoms with E-state index in [4.69, 9.17) is 16.3 Å². The number of anilines is 1. The lowest BCUT2D eigenvalue weighted by atomic mass is 10.00. The number of carboxylic acids is 1. The molecular formula is C22H18ClNO6S2. The Morgan fingerprint density at radius 3 is 2.47 bits per heavy atom. The smallest absolute Gasteiger partial charge is 0.338 e. The number of carbonyl (C=O) groups is 2. The SMILES string of the molecule is COC(=O)c1ccccc1C1CC1(C(=O)O)N(c1ccc(-c2ccc(Cl)cc2)s1)S(=O)O. The van der Waals surface area contributed by atoms with Crippen LogP contribution in [0.4, 0.5) is 5.00 Å². The second-order valence-electron chi connectivity index (χ2n) is 7.23. The Hall–Kier alpha value is -2.72. The van der Waals surface area contributed by atoms with Crippen molar-refractivity contribution in [1.29, 1.82) is 0 Å². The molecule has 1 aromatic heterocycles. The largest absolute Gasteiger partial charge is 0.479 e. The number of benzene rings is 2. The fourth-order valence-corrected chi connectivity index (χ4v) is 6.08. The van der Waals surface area contributed by atoms with Gasteiger partial charge in [0, 0.05) is 15.8 Å². The summed E-state index contributed by atoms with van der Waals surface area (Å²) in [6, 6.07) is 17.0. The second kappa shape index (κ2) is 8.67. The summed E-state index contributed by atoms with van der Waals surface area (Å²) in [4.78, 5) is 25.4. The molecule has 10 heteroatoms. The first kappa shape index (κ1) is 22.5. The number of ether oxygens (including phenoxy) is 1. The highest BCUT2D eigenvalue weighted by Crippen LogP contribution is 2.59. The minimum Gasteiger partial charge on any atom is -0.479 e. The molecule has 7 nitrogen and oxygen atoms in total. The van der Waals surface area contributed by atoms with Gasteiger partial charge in [-0.3, -0.25) is 4.55 Å². The van der Waals surface area contributed by atoms with E-state index in [9.17, 15) is 23.5 Å². The number of aliphatic carboxylic acids is 1. The molecule has 0 saturated heterocycles. The Balaban J connectivity index is 1.75. The van der Waals surface area contributed by atoms with Gasteiger partial charge in [0.15, 0.2) is 5.54 Å². The average Bonchev–Trinajstić information content (AvgIpc) is 3.34. The van der Waals surface area contributed by atoms with E-state index in [0.29, 0.717) is 15.6 Å². The highest BCUT2D eigenvalue weighted by molar-refractivity contribution is 7.81. The molecule has 1 heterocycles. The quantitative estimate of drug-likeness (QED) is 0.363. The molecule has 0 bridgehead atoms. The van der Waals surface area contributed by atoms with Crippen molar-refractivity contribution in [1.82, 2.24) is 0 Å². The molecule has 1 aliphatic rings. The van der Waals surface area contributed by atoms with E-state index < -0.39 is 34.7 Å². The van der Waals surface area contributed by atoms with Gasteiger partial charge < -0.3 is 9.84 Å². The number of hydrogen-bond acceptors (Lipinski definition) is 5. The monoisotopic (exact) mass is 491 g/mol. The molecule has 2 N–H and O–H groups in total. The predicted octanol–water partition coefficient (Wildman–Crippen LogP) is 4.81. The van der Waals surface area contributed by atoms with Gasteiger partial charge in [-0.25, -0.2) is 18.1 Å². The van der Waals surface area contributed by atoms with E-state index in [1.54, 1.807) is 48.5 Å². The van der Waals surface area contributed by atoms with Crippen LogP contribution in [0.3, 0.4) is 0 Å². The number of carbonyl (C=O) groups excluding carboxylic acids is 1. The zero-order chi connectivity index (χ0) is 23.0. The normalized spacial score (nSPS) is 20.4. The third-order valence-electron chi connectivity index (χ3n) is 5.48. The maximum absolute atomic E-state index is 12.4. The molecule has 1 saturated carbocycles. The molecule has 0 aliphatic heterocycles. The van der Waals surface area contributed by atoms with E-state index in [-0.39, 0.29) is 12.0 Å². The van der Waals surface area contributed by atoms with E-state index >= 15 is 0 Å². The van der Waals surface area contributed by atoms with Crippen LogP contribution in [-0.2, 0) is 20.8 Å². The van der Waals surface area contributed by atoms with Crippen molar-refractivity contribution in [3.05, 3.63) is 76.8 Å². The van der Waals surface area contributed by atoms with Gasteiger partial charge >= 0.3 is 11.9 Å². The lowest BCUT2D eigenvalue weighted by Crippen LogP contribution is -2.46. The van der Waals surface area contributed by atoms with Crippen LogP contribution in [0.25, 0.3) is 10.4 Å². The van der Waals surface area contributed by atoms with Crippen LogP contribution in [0.15, 0.2) is 60.7 Å². The fourth-order valence-electron chi connectivity index (χ4n) is 3.88. The van der Waals surface area contributed by atoms with Gasteiger partial charge in [0.25, 0.3) is 11.3 Å². The van der Waals surface area contributed by atoms with Crippen LogP contribution in [0.1, 0.15) is 28.3 Å².